The Balaban J connectivity index is 1.27. The molecule has 0 unspecified atom stereocenters. The first-order chi connectivity index (χ1) is 16.6. The van der Waals surface area contributed by atoms with Crippen LogP contribution in [0, 0.1) is 0 Å². The number of nitrogens with one attached hydrogen (secondary N) is 1. The summed E-state index contributed by atoms with van der Waals surface area (Å²) in [5.74, 6) is 0.486. The minimum atomic E-state index is -0.501. The van der Waals surface area contributed by atoms with E-state index in [2.05, 4.69) is 15.3 Å². The number of rotatable bonds is 6. The van der Waals surface area contributed by atoms with E-state index in [1.807, 2.05) is 78.3 Å². The number of carbonyl (C=O) groups is 2. The van der Waals surface area contributed by atoms with Crippen LogP contribution in [0.1, 0.15) is 12.8 Å². The van der Waals surface area contributed by atoms with Crippen LogP contribution in [0.4, 0.5) is 5.82 Å². The van der Waals surface area contributed by atoms with Crippen LogP contribution in [0.5, 0.6) is 0 Å². The van der Waals surface area contributed by atoms with Crippen molar-refractivity contribution >= 4 is 40.4 Å². The number of para-hydroxylation sites is 2. The summed E-state index contributed by atoms with van der Waals surface area (Å²) in [4.78, 5) is 37.0. The fraction of sp³-hybridized carbons (Fsp3) is 0.231. The molecule has 2 aromatic heterocycles. The van der Waals surface area contributed by atoms with Crippen LogP contribution in [-0.2, 0) is 16.6 Å². The Bertz CT molecular complexity index is 1340. The molecular formula is C26H25N5O2S. The van der Waals surface area contributed by atoms with Gasteiger partial charge in [0.1, 0.15) is 11.9 Å². The molecule has 5 rings (SSSR count). The summed E-state index contributed by atoms with van der Waals surface area (Å²) in [6.45, 7) is 0.577. The Morgan fingerprint density at radius 3 is 2.68 bits per heavy atom. The molecule has 1 N–H and O–H groups in total. The zero-order valence-corrected chi connectivity index (χ0v) is 19.7. The van der Waals surface area contributed by atoms with Crippen molar-refractivity contribution in [2.24, 2.45) is 7.05 Å². The number of aromatic nitrogens is 3. The fourth-order valence-electron chi connectivity index (χ4n) is 4.36. The average Bonchev–Trinajstić information content (AvgIpc) is 3.49. The number of fused-ring (bicyclic) bond motifs is 1. The summed E-state index contributed by atoms with van der Waals surface area (Å²) in [6.07, 6.45) is 3.10. The first-order valence-corrected chi connectivity index (χ1v) is 12.3. The van der Waals surface area contributed by atoms with Crippen molar-refractivity contribution in [2.45, 2.75) is 24.0 Å². The number of benzene rings is 2. The number of nitrogens with zero attached hydrogens (tertiary/aromatic N) is 4. The van der Waals surface area contributed by atoms with Crippen LogP contribution in [-0.4, -0.2) is 49.6 Å². The van der Waals surface area contributed by atoms with Gasteiger partial charge in [0, 0.05) is 25.4 Å². The number of amides is 2. The first kappa shape index (κ1) is 22.2. The van der Waals surface area contributed by atoms with Crippen LogP contribution in [0.25, 0.3) is 22.2 Å². The van der Waals surface area contributed by atoms with Crippen molar-refractivity contribution in [1.29, 1.82) is 0 Å². The Morgan fingerprint density at radius 2 is 1.85 bits per heavy atom. The zero-order chi connectivity index (χ0) is 23.5. The highest BCUT2D eigenvalue weighted by Crippen LogP contribution is 2.28. The fourth-order valence-corrected chi connectivity index (χ4v) is 5.23. The molecule has 0 radical (unpaired) electrons. The number of imidazole rings is 1. The number of pyridine rings is 1. The molecule has 2 amide bonds. The highest BCUT2D eigenvalue weighted by atomic mass is 32.2. The minimum absolute atomic E-state index is 0.0565. The lowest BCUT2D eigenvalue weighted by Crippen LogP contribution is -2.44. The third kappa shape index (κ3) is 4.41. The summed E-state index contributed by atoms with van der Waals surface area (Å²) in [5.41, 5.74) is 3.76. The Kier molecular flexibility index (Phi) is 6.31. The second-order valence-electron chi connectivity index (χ2n) is 8.23. The van der Waals surface area contributed by atoms with E-state index in [-0.39, 0.29) is 17.6 Å². The molecule has 7 nitrogen and oxygen atoms in total. The number of hydrogen-bond donors (Lipinski definition) is 1. The highest BCUT2D eigenvalue weighted by Gasteiger charge is 2.34. The number of aryl methyl sites for hydroxylation is 1. The van der Waals surface area contributed by atoms with Gasteiger partial charge in [-0.3, -0.25) is 9.59 Å². The van der Waals surface area contributed by atoms with E-state index in [4.69, 9.17) is 0 Å². The summed E-state index contributed by atoms with van der Waals surface area (Å²) in [6, 6.07) is 21.0. The molecule has 4 aromatic rings. The maximum atomic E-state index is 13.2. The molecule has 3 heterocycles. The zero-order valence-electron chi connectivity index (χ0n) is 18.8. The highest BCUT2D eigenvalue weighted by molar-refractivity contribution is 7.99. The molecule has 172 valence electrons. The predicted octanol–water partition coefficient (Wildman–Crippen LogP) is 4.36. The van der Waals surface area contributed by atoms with E-state index in [9.17, 15) is 9.59 Å². The van der Waals surface area contributed by atoms with Crippen LogP contribution in [0.3, 0.4) is 0 Å². The van der Waals surface area contributed by atoms with Gasteiger partial charge < -0.3 is 14.8 Å². The van der Waals surface area contributed by atoms with E-state index >= 15 is 0 Å². The van der Waals surface area contributed by atoms with Crippen LogP contribution in [0.2, 0.25) is 0 Å². The molecule has 8 heteroatoms. The molecule has 2 aromatic carbocycles. The molecule has 1 aliphatic heterocycles. The topological polar surface area (TPSA) is 80.1 Å². The summed E-state index contributed by atoms with van der Waals surface area (Å²) >= 11 is 1.40. The molecule has 1 aliphatic rings. The molecule has 0 saturated carbocycles. The first-order valence-electron chi connectivity index (χ1n) is 11.3. The third-order valence-electron chi connectivity index (χ3n) is 6.08. The second kappa shape index (κ2) is 9.69. The Morgan fingerprint density at radius 1 is 1.06 bits per heavy atom. The monoisotopic (exact) mass is 471 g/mol. The van der Waals surface area contributed by atoms with Crippen molar-refractivity contribution in [1.82, 2.24) is 19.4 Å². The van der Waals surface area contributed by atoms with E-state index < -0.39 is 6.04 Å². The van der Waals surface area contributed by atoms with E-state index in [0.717, 1.165) is 33.7 Å². The number of anilines is 1. The van der Waals surface area contributed by atoms with Crippen molar-refractivity contribution in [3.8, 4) is 11.1 Å². The lowest BCUT2D eigenvalue weighted by molar-refractivity contribution is -0.134. The minimum Gasteiger partial charge on any atom is -0.330 e. The largest absolute Gasteiger partial charge is 0.330 e. The smallest absolute Gasteiger partial charge is 0.248 e. The number of likely N-dealkylation sites (tertiary alicyclic amines) is 1. The van der Waals surface area contributed by atoms with Gasteiger partial charge in [-0.15, -0.1) is 0 Å². The van der Waals surface area contributed by atoms with Crippen molar-refractivity contribution in [3.05, 3.63) is 72.9 Å². The van der Waals surface area contributed by atoms with Gasteiger partial charge >= 0.3 is 0 Å². The van der Waals surface area contributed by atoms with Crippen LogP contribution < -0.4 is 5.32 Å². The Labute approximate surface area is 202 Å². The second-order valence-corrected chi connectivity index (χ2v) is 9.17. The molecule has 0 spiro atoms. The van der Waals surface area contributed by atoms with Gasteiger partial charge in [-0.1, -0.05) is 54.2 Å². The lowest BCUT2D eigenvalue weighted by atomic mass is 10.1. The molecule has 1 fully saturated rings. The molecule has 34 heavy (non-hydrogen) atoms. The van der Waals surface area contributed by atoms with E-state index in [0.29, 0.717) is 18.8 Å². The standard InChI is InChI=1S/C26H25N5O2S/c1-30-21-13-6-5-12-20(21)28-26(30)34-17-23(32)31-16-8-14-22(31)25(33)29-24-19(11-7-15-27-24)18-9-3-2-4-10-18/h2-7,9-13,15,22H,8,14,16-17H2,1H3,(H,27,29,33)/t22-/m0/s1. The van der Waals surface area contributed by atoms with Gasteiger partial charge in [-0.05, 0) is 42.7 Å². The van der Waals surface area contributed by atoms with Crippen LogP contribution in [0.15, 0.2) is 78.1 Å². The van der Waals surface area contributed by atoms with Crippen LogP contribution >= 0.6 is 11.8 Å². The maximum absolute atomic E-state index is 13.2. The van der Waals surface area contributed by atoms with Gasteiger partial charge in [-0.2, -0.15) is 0 Å². The summed E-state index contributed by atoms with van der Waals surface area (Å²) in [7, 11) is 1.95. The summed E-state index contributed by atoms with van der Waals surface area (Å²) < 4.78 is 1.99. The molecule has 0 aliphatic carbocycles. The molecule has 0 bridgehead atoms. The normalized spacial score (nSPS) is 15.6. The molecular weight excluding hydrogens is 446 g/mol. The van der Waals surface area contributed by atoms with E-state index in [1.54, 1.807) is 11.1 Å². The third-order valence-corrected chi connectivity index (χ3v) is 7.10. The predicted molar refractivity (Wildman–Crippen MR) is 134 cm³/mol. The van der Waals surface area contributed by atoms with Crippen molar-refractivity contribution < 1.29 is 9.59 Å². The number of hydrogen-bond acceptors (Lipinski definition) is 5. The van der Waals surface area contributed by atoms with Crippen molar-refractivity contribution in [2.75, 3.05) is 17.6 Å². The SMILES string of the molecule is Cn1c(SCC(=O)N2CCC[C@H]2C(=O)Nc2ncccc2-c2ccccc2)nc2ccccc21. The quantitative estimate of drug-likeness (QED) is 0.423. The summed E-state index contributed by atoms with van der Waals surface area (Å²) in [5, 5.41) is 3.76. The number of thioether (sulfide) groups is 1. The van der Waals surface area contributed by atoms with E-state index in [1.165, 1.54) is 11.8 Å². The van der Waals surface area contributed by atoms with Gasteiger partial charge in [0.15, 0.2) is 5.16 Å². The van der Waals surface area contributed by atoms with Gasteiger partial charge in [0.2, 0.25) is 11.8 Å². The molecule has 1 saturated heterocycles. The van der Waals surface area contributed by atoms with Gasteiger partial charge in [-0.25, -0.2) is 9.97 Å². The maximum Gasteiger partial charge on any atom is 0.248 e. The average molecular weight is 472 g/mol. The Hall–Kier alpha value is -3.65. The molecule has 1 atom stereocenters. The number of carbonyl (C=O) groups excluding carboxylic acids is 2. The van der Waals surface area contributed by atoms with Gasteiger partial charge in [0.25, 0.3) is 0 Å². The van der Waals surface area contributed by atoms with Crippen molar-refractivity contribution in [3.63, 3.8) is 0 Å². The van der Waals surface area contributed by atoms with Gasteiger partial charge in [0.05, 0.1) is 16.8 Å². The lowest BCUT2D eigenvalue weighted by Gasteiger charge is -2.24.